The van der Waals surface area contributed by atoms with Crippen molar-refractivity contribution in [2.75, 3.05) is 26.2 Å². The highest BCUT2D eigenvalue weighted by atomic mass is 35.5. The second-order valence-corrected chi connectivity index (χ2v) is 10.8. The minimum atomic E-state index is -1.47. The lowest BCUT2D eigenvalue weighted by atomic mass is 10.1. The van der Waals surface area contributed by atoms with E-state index in [1.54, 1.807) is 28.1 Å². The normalized spacial score (nSPS) is 13.2. The van der Waals surface area contributed by atoms with Crippen LogP contribution in [0.5, 0.6) is 11.5 Å². The summed E-state index contributed by atoms with van der Waals surface area (Å²) >= 11 is 6.42. The Morgan fingerprint density at radius 2 is 1.44 bits per heavy atom. The Bertz CT molecular complexity index is 1110. The van der Waals surface area contributed by atoms with Crippen LogP contribution < -0.4 is 19.1 Å². The third-order valence-corrected chi connectivity index (χ3v) is 7.76. The van der Waals surface area contributed by atoms with Crippen molar-refractivity contribution in [1.82, 2.24) is 14.9 Å². The number of nitrogens with one attached hydrogen (secondary N) is 1. The number of hydrogen-bond donors (Lipinski definition) is 1. The summed E-state index contributed by atoms with van der Waals surface area (Å²) in [5.41, 5.74) is 2.85. The van der Waals surface area contributed by atoms with Gasteiger partial charge in [-0.15, -0.1) is 10.2 Å². The number of ether oxygens (including phenoxy) is 3. The number of rotatable bonds is 12. The number of methoxy groups -OCH3 is 3. The first-order valence-electron chi connectivity index (χ1n) is 11.4. The SMILES string of the molecule is COc1ccc(CN(Cc2ccc(OC)cc2)c2cc(C(C)N[S@](=O)C(C)(C)OC)c(Cl)nn2)cc1. The Balaban J connectivity index is 1.92. The molecule has 0 saturated heterocycles. The number of halogens is 1. The second kappa shape index (κ2) is 12.5. The van der Waals surface area contributed by atoms with E-state index in [2.05, 4.69) is 19.8 Å². The molecule has 194 valence electrons. The molecule has 3 rings (SSSR count). The highest BCUT2D eigenvalue weighted by Crippen LogP contribution is 2.28. The predicted octanol–water partition coefficient (Wildman–Crippen LogP) is 5.05. The van der Waals surface area contributed by atoms with Crippen LogP contribution in [0.25, 0.3) is 0 Å². The lowest BCUT2D eigenvalue weighted by molar-refractivity contribution is 0.0971. The maximum atomic E-state index is 12.8. The molecule has 2 aromatic carbocycles. The summed E-state index contributed by atoms with van der Waals surface area (Å²) < 4.78 is 31.8. The maximum Gasteiger partial charge on any atom is 0.156 e. The first-order chi connectivity index (χ1) is 17.2. The van der Waals surface area contributed by atoms with E-state index < -0.39 is 15.9 Å². The molecule has 0 fully saturated rings. The number of aromatic nitrogens is 2. The van der Waals surface area contributed by atoms with Crippen molar-refractivity contribution < 1.29 is 18.4 Å². The van der Waals surface area contributed by atoms with E-state index in [9.17, 15) is 4.21 Å². The van der Waals surface area contributed by atoms with Crippen LogP contribution in [0.15, 0.2) is 54.6 Å². The number of anilines is 1. The Morgan fingerprint density at radius 1 is 0.944 bits per heavy atom. The smallest absolute Gasteiger partial charge is 0.156 e. The third-order valence-electron chi connectivity index (χ3n) is 5.84. The standard InChI is InChI=1S/C26H33ClN4O4S/c1-18(30-36(32)26(2,3)35-6)23-15-24(28-29-25(23)27)31(16-19-7-11-21(33-4)12-8-19)17-20-9-13-22(34-5)14-10-20/h7-15,18,30H,16-17H2,1-6H3/t18?,36-/m1/s1. The molecule has 1 unspecified atom stereocenters. The number of nitrogens with zero attached hydrogens (tertiary/aromatic N) is 3. The molecule has 0 aliphatic carbocycles. The first-order valence-corrected chi connectivity index (χ1v) is 13.0. The van der Waals surface area contributed by atoms with E-state index in [4.69, 9.17) is 25.8 Å². The molecular weight excluding hydrogens is 500 g/mol. The lowest BCUT2D eigenvalue weighted by Crippen LogP contribution is -2.38. The van der Waals surface area contributed by atoms with E-state index in [-0.39, 0.29) is 11.2 Å². The van der Waals surface area contributed by atoms with E-state index in [0.717, 1.165) is 22.6 Å². The van der Waals surface area contributed by atoms with Crippen molar-refractivity contribution in [2.24, 2.45) is 0 Å². The van der Waals surface area contributed by atoms with E-state index in [1.165, 1.54) is 7.11 Å². The summed E-state index contributed by atoms with van der Waals surface area (Å²) in [7, 11) is 3.34. The quantitative estimate of drug-likeness (QED) is 0.349. The third kappa shape index (κ3) is 7.16. The Hall–Kier alpha value is -2.72. The predicted molar refractivity (Wildman–Crippen MR) is 144 cm³/mol. The van der Waals surface area contributed by atoms with Crippen LogP contribution in [0.4, 0.5) is 5.82 Å². The second-order valence-electron chi connectivity index (χ2n) is 8.71. The molecule has 0 radical (unpaired) electrons. The van der Waals surface area contributed by atoms with Crippen LogP contribution in [-0.4, -0.2) is 40.7 Å². The van der Waals surface area contributed by atoms with Crippen molar-refractivity contribution in [3.8, 4) is 11.5 Å². The molecule has 10 heteroatoms. The average molecular weight is 533 g/mol. The minimum Gasteiger partial charge on any atom is -0.497 e. The Kier molecular flexibility index (Phi) is 9.67. The highest BCUT2D eigenvalue weighted by molar-refractivity contribution is 7.84. The van der Waals surface area contributed by atoms with Gasteiger partial charge in [0.2, 0.25) is 0 Å². The molecule has 3 aromatic rings. The molecule has 36 heavy (non-hydrogen) atoms. The molecule has 0 amide bonds. The number of hydrogen-bond acceptors (Lipinski definition) is 7. The van der Waals surface area contributed by atoms with Crippen LogP contribution in [0.2, 0.25) is 5.15 Å². The molecule has 1 aromatic heterocycles. The van der Waals surface area contributed by atoms with E-state index in [1.807, 2.05) is 61.5 Å². The summed E-state index contributed by atoms with van der Waals surface area (Å²) in [5, 5.41) is 8.85. The molecule has 1 N–H and O–H groups in total. The topological polar surface area (TPSA) is 85.8 Å². The lowest BCUT2D eigenvalue weighted by Gasteiger charge is -2.27. The molecule has 0 aliphatic rings. The summed E-state index contributed by atoms with van der Waals surface area (Å²) in [5.74, 6) is 2.23. The summed E-state index contributed by atoms with van der Waals surface area (Å²) in [6.07, 6.45) is 0. The van der Waals surface area contributed by atoms with Crippen LogP contribution >= 0.6 is 11.6 Å². The highest BCUT2D eigenvalue weighted by Gasteiger charge is 2.28. The van der Waals surface area contributed by atoms with Gasteiger partial charge in [-0.3, -0.25) is 0 Å². The summed E-state index contributed by atoms with van der Waals surface area (Å²) in [6.45, 7) is 6.55. The molecule has 0 bridgehead atoms. The zero-order valence-electron chi connectivity index (χ0n) is 21.4. The van der Waals surface area contributed by atoms with Gasteiger partial charge < -0.3 is 19.1 Å². The van der Waals surface area contributed by atoms with Gasteiger partial charge in [-0.2, -0.15) is 0 Å². The summed E-state index contributed by atoms with van der Waals surface area (Å²) in [4.78, 5) is 1.25. The molecular formula is C26H33ClN4O4S. The fourth-order valence-electron chi connectivity index (χ4n) is 3.40. The van der Waals surface area contributed by atoms with Gasteiger partial charge in [-0.1, -0.05) is 35.9 Å². The van der Waals surface area contributed by atoms with Gasteiger partial charge in [-0.25, -0.2) is 8.93 Å². The minimum absolute atomic E-state index is 0.250. The monoisotopic (exact) mass is 532 g/mol. The van der Waals surface area contributed by atoms with Gasteiger partial charge in [0.25, 0.3) is 0 Å². The van der Waals surface area contributed by atoms with Crippen LogP contribution in [0.3, 0.4) is 0 Å². The maximum absolute atomic E-state index is 12.8. The van der Waals surface area contributed by atoms with Crippen LogP contribution in [0.1, 0.15) is 43.5 Å². The van der Waals surface area contributed by atoms with Gasteiger partial charge in [0.05, 0.1) is 14.2 Å². The molecule has 0 aliphatic heterocycles. The first kappa shape index (κ1) is 27.9. The fraction of sp³-hybridized carbons (Fsp3) is 0.385. The average Bonchev–Trinajstić information content (AvgIpc) is 2.89. The largest absolute Gasteiger partial charge is 0.497 e. The molecule has 0 saturated carbocycles. The van der Waals surface area contributed by atoms with Gasteiger partial charge in [0.1, 0.15) is 22.5 Å². The van der Waals surface area contributed by atoms with Crippen molar-refractivity contribution in [3.05, 3.63) is 76.4 Å². The molecule has 8 nitrogen and oxygen atoms in total. The van der Waals surface area contributed by atoms with Crippen LogP contribution in [0, 0.1) is 0 Å². The van der Waals surface area contributed by atoms with Crippen molar-refractivity contribution in [2.45, 2.75) is 44.8 Å². The Morgan fingerprint density at radius 3 is 1.89 bits per heavy atom. The molecule has 1 heterocycles. The fourth-order valence-corrected chi connectivity index (χ4v) is 4.54. The zero-order valence-corrected chi connectivity index (χ0v) is 23.0. The van der Waals surface area contributed by atoms with Gasteiger partial charge in [0.15, 0.2) is 15.9 Å². The van der Waals surface area contributed by atoms with E-state index in [0.29, 0.717) is 24.5 Å². The molecule has 2 atom stereocenters. The molecule has 0 spiro atoms. The van der Waals surface area contributed by atoms with Crippen molar-refractivity contribution in [3.63, 3.8) is 0 Å². The van der Waals surface area contributed by atoms with E-state index >= 15 is 0 Å². The van der Waals surface area contributed by atoms with Crippen molar-refractivity contribution >= 4 is 28.4 Å². The summed E-state index contributed by atoms with van der Waals surface area (Å²) in [6, 6.07) is 17.3. The van der Waals surface area contributed by atoms with Gasteiger partial charge >= 0.3 is 0 Å². The van der Waals surface area contributed by atoms with Gasteiger partial charge in [-0.05, 0) is 62.2 Å². The van der Waals surface area contributed by atoms with Gasteiger partial charge in [0, 0.05) is 31.8 Å². The van der Waals surface area contributed by atoms with Crippen molar-refractivity contribution in [1.29, 1.82) is 0 Å². The Labute approximate surface area is 220 Å². The number of benzene rings is 2. The van der Waals surface area contributed by atoms with Crippen LogP contribution in [-0.2, 0) is 28.8 Å². The zero-order chi connectivity index (χ0) is 26.3.